The minimum Gasteiger partial charge on any atom is -0.506 e. The van der Waals surface area contributed by atoms with Crippen LogP contribution in [0.1, 0.15) is 23.5 Å². The number of hydrogen-bond acceptors (Lipinski definition) is 6. The molecule has 1 aliphatic heterocycles. The molecule has 162 valence electrons. The molecule has 6 nitrogen and oxygen atoms in total. The van der Waals surface area contributed by atoms with E-state index in [4.69, 9.17) is 4.74 Å². The van der Waals surface area contributed by atoms with Gasteiger partial charge in [0.05, 0.1) is 11.4 Å². The molecule has 1 saturated heterocycles. The van der Waals surface area contributed by atoms with Crippen LogP contribution in [-0.2, 0) is 17.9 Å². The lowest BCUT2D eigenvalue weighted by molar-refractivity contribution is -0.121. The van der Waals surface area contributed by atoms with Gasteiger partial charge in [0.15, 0.2) is 0 Å². The highest BCUT2D eigenvalue weighted by molar-refractivity contribution is 7.09. The molecule has 4 rings (SSSR count). The topological polar surface area (TPSA) is 74.7 Å². The van der Waals surface area contributed by atoms with Gasteiger partial charge in [-0.1, -0.05) is 12.1 Å². The first kappa shape index (κ1) is 21.3. The highest BCUT2D eigenvalue weighted by Crippen LogP contribution is 2.25. The average Bonchev–Trinajstić information content (AvgIpc) is 3.23. The third-order valence-corrected chi connectivity index (χ3v) is 6.15. The van der Waals surface area contributed by atoms with Crippen molar-refractivity contribution in [2.24, 2.45) is 5.92 Å². The molecule has 0 spiro atoms. The molecular formula is C23H24FN3O3S. The third kappa shape index (κ3) is 5.80. The summed E-state index contributed by atoms with van der Waals surface area (Å²) in [6, 6.07) is 12.7. The van der Waals surface area contributed by atoms with Crippen LogP contribution in [0, 0.1) is 11.7 Å². The first-order chi connectivity index (χ1) is 15.1. The maximum Gasteiger partial charge on any atom is 0.227 e. The molecule has 1 aliphatic rings. The largest absolute Gasteiger partial charge is 0.506 e. The molecule has 2 aromatic carbocycles. The van der Waals surface area contributed by atoms with Crippen LogP contribution in [0.15, 0.2) is 53.9 Å². The highest BCUT2D eigenvalue weighted by Gasteiger charge is 2.25. The van der Waals surface area contributed by atoms with Gasteiger partial charge >= 0.3 is 0 Å². The lowest BCUT2D eigenvalue weighted by Crippen LogP contribution is -2.37. The molecule has 0 aliphatic carbocycles. The molecule has 0 unspecified atom stereocenters. The second-order valence-corrected chi connectivity index (χ2v) is 8.47. The predicted octanol–water partition coefficient (Wildman–Crippen LogP) is 4.42. The maximum atomic E-state index is 13.0. The Labute approximate surface area is 184 Å². The third-order valence-electron chi connectivity index (χ3n) is 5.28. The SMILES string of the molecule is O=C(Nc1ccccc1O)C1CCN(Cc2csc(COc3ccc(F)cc3)n2)CC1. The molecule has 0 bridgehead atoms. The van der Waals surface area contributed by atoms with E-state index < -0.39 is 0 Å². The smallest absolute Gasteiger partial charge is 0.227 e. The van der Waals surface area contributed by atoms with Crippen LogP contribution in [0.2, 0.25) is 0 Å². The number of likely N-dealkylation sites (tertiary alicyclic amines) is 1. The number of thiazole rings is 1. The zero-order valence-electron chi connectivity index (χ0n) is 17.0. The first-order valence-electron chi connectivity index (χ1n) is 10.2. The summed E-state index contributed by atoms with van der Waals surface area (Å²) in [5.41, 5.74) is 1.44. The van der Waals surface area contributed by atoms with Gasteiger partial charge < -0.3 is 15.2 Å². The minimum atomic E-state index is -0.289. The minimum absolute atomic E-state index is 0.0463. The number of para-hydroxylation sites is 2. The summed E-state index contributed by atoms with van der Waals surface area (Å²) < 4.78 is 18.6. The van der Waals surface area contributed by atoms with Crippen LogP contribution in [0.25, 0.3) is 0 Å². The number of carbonyl (C=O) groups excluding carboxylic acids is 1. The molecule has 0 atom stereocenters. The molecule has 2 N–H and O–H groups in total. The number of ether oxygens (including phenoxy) is 1. The van der Waals surface area contributed by atoms with Gasteiger partial charge in [-0.15, -0.1) is 11.3 Å². The molecule has 1 fully saturated rings. The number of phenolic OH excluding ortho intramolecular Hbond substituents is 1. The highest BCUT2D eigenvalue weighted by atomic mass is 32.1. The molecular weight excluding hydrogens is 417 g/mol. The second kappa shape index (κ2) is 9.89. The zero-order valence-corrected chi connectivity index (χ0v) is 17.8. The summed E-state index contributed by atoms with van der Waals surface area (Å²) in [7, 11) is 0. The fourth-order valence-corrected chi connectivity index (χ4v) is 4.26. The van der Waals surface area contributed by atoms with Gasteiger partial charge in [0.25, 0.3) is 0 Å². The predicted molar refractivity (Wildman–Crippen MR) is 118 cm³/mol. The Balaban J connectivity index is 1.22. The van der Waals surface area contributed by atoms with E-state index in [-0.39, 0.29) is 23.4 Å². The van der Waals surface area contributed by atoms with Crippen molar-refractivity contribution in [1.82, 2.24) is 9.88 Å². The van der Waals surface area contributed by atoms with E-state index in [2.05, 4.69) is 15.2 Å². The quantitative estimate of drug-likeness (QED) is 0.531. The van der Waals surface area contributed by atoms with Gasteiger partial charge in [0, 0.05) is 17.8 Å². The van der Waals surface area contributed by atoms with Crippen molar-refractivity contribution in [3.8, 4) is 11.5 Å². The van der Waals surface area contributed by atoms with Crippen LogP contribution in [-0.4, -0.2) is 34.0 Å². The van der Waals surface area contributed by atoms with Crippen molar-refractivity contribution in [1.29, 1.82) is 0 Å². The van der Waals surface area contributed by atoms with Crippen LogP contribution in [0.5, 0.6) is 11.5 Å². The Morgan fingerprint density at radius 1 is 1.19 bits per heavy atom. The average molecular weight is 442 g/mol. The number of carbonyl (C=O) groups is 1. The number of amides is 1. The fourth-order valence-electron chi connectivity index (χ4n) is 3.56. The van der Waals surface area contributed by atoms with Gasteiger partial charge in [-0.3, -0.25) is 9.69 Å². The summed E-state index contributed by atoms with van der Waals surface area (Å²) >= 11 is 1.54. The first-order valence-corrected chi connectivity index (χ1v) is 11.1. The Kier molecular flexibility index (Phi) is 6.79. The van der Waals surface area contributed by atoms with Crippen LogP contribution < -0.4 is 10.1 Å². The Bertz CT molecular complexity index is 1020. The van der Waals surface area contributed by atoms with Crippen LogP contribution in [0.3, 0.4) is 0 Å². The molecule has 8 heteroatoms. The van der Waals surface area contributed by atoms with E-state index in [9.17, 15) is 14.3 Å². The molecule has 3 aromatic rings. The Morgan fingerprint density at radius 2 is 1.94 bits per heavy atom. The Morgan fingerprint density at radius 3 is 2.68 bits per heavy atom. The number of hydrogen-bond donors (Lipinski definition) is 2. The molecule has 0 saturated carbocycles. The van der Waals surface area contributed by atoms with Gasteiger partial charge in [-0.05, 0) is 62.3 Å². The number of piperidine rings is 1. The van der Waals surface area contributed by atoms with E-state index in [1.165, 1.54) is 12.1 Å². The number of nitrogens with zero attached hydrogens (tertiary/aromatic N) is 2. The van der Waals surface area contributed by atoms with Crippen molar-refractivity contribution in [3.05, 3.63) is 70.4 Å². The van der Waals surface area contributed by atoms with Gasteiger partial charge in [-0.25, -0.2) is 9.37 Å². The number of halogens is 1. The van der Waals surface area contributed by atoms with Crippen LogP contribution >= 0.6 is 11.3 Å². The van der Waals surface area contributed by atoms with Gasteiger partial charge in [0.2, 0.25) is 5.91 Å². The fraction of sp³-hybridized carbons (Fsp3) is 0.304. The number of rotatable bonds is 7. The van der Waals surface area contributed by atoms with Crippen molar-refractivity contribution in [3.63, 3.8) is 0 Å². The summed E-state index contributed by atoms with van der Waals surface area (Å²) in [5, 5.41) is 15.6. The standard InChI is InChI=1S/C23H24FN3O3S/c24-17-5-7-19(8-6-17)30-14-22-25-18(15-31-22)13-27-11-9-16(10-12-27)23(29)26-20-3-1-2-4-21(20)28/h1-8,15-16,28H,9-14H2,(H,26,29). The van der Waals surface area contributed by atoms with Crippen molar-refractivity contribution >= 4 is 22.9 Å². The number of phenols is 1. The number of nitrogens with one attached hydrogen (secondary N) is 1. The monoisotopic (exact) mass is 441 g/mol. The van der Waals surface area contributed by atoms with E-state index in [1.54, 1.807) is 47.7 Å². The normalized spacial score (nSPS) is 15.0. The van der Waals surface area contributed by atoms with E-state index in [0.29, 0.717) is 18.0 Å². The molecule has 0 radical (unpaired) electrons. The summed E-state index contributed by atoms with van der Waals surface area (Å²) in [6.45, 7) is 2.72. The molecule has 2 heterocycles. The molecule has 1 aromatic heterocycles. The summed E-state index contributed by atoms with van der Waals surface area (Å²) in [4.78, 5) is 19.4. The number of aromatic hydroxyl groups is 1. The van der Waals surface area contributed by atoms with Crippen molar-refractivity contribution in [2.75, 3.05) is 18.4 Å². The number of benzene rings is 2. The van der Waals surface area contributed by atoms with E-state index in [1.807, 2.05) is 5.38 Å². The molecule has 31 heavy (non-hydrogen) atoms. The van der Waals surface area contributed by atoms with Crippen LogP contribution in [0.4, 0.5) is 10.1 Å². The van der Waals surface area contributed by atoms with Crippen molar-refractivity contribution in [2.45, 2.75) is 26.0 Å². The van der Waals surface area contributed by atoms with E-state index in [0.717, 1.165) is 43.2 Å². The Hall–Kier alpha value is -2.97. The maximum absolute atomic E-state index is 13.0. The lowest BCUT2D eigenvalue weighted by Gasteiger charge is -2.30. The van der Waals surface area contributed by atoms with E-state index >= 15 is 0 Å². The zero-order chi connectivity index (χ0) is 21.6. The van der Waals surface area contributed by atoms with Gasteiger partial charge in [-0.2, -0.15) is 0 Å². The number of aromatic nitrogens is 1. The van der Waals surface area contributed by atoms with Crippen molar-refractivity contribution < 1.29 is 19.0 Å². The number of anilines is 1. The molecule has 1 amide bonds. The summed E-state index contributed by atoms with van der Waals surface area (Å²) in [5.74, 6) is 0.294. The second-order valence-electron chi connectivity index (χ2n) is 7.53. The summed E-state index contributed by atoms with van der Waals surface area (Å²) in [6.07, 6.45) is 1.54. The lowest BCUT2D eigenvalue weighted by atomic mass is 9.95. The van der Waals surface area contributed by atoms with Gasteiger partial charge in [0.1, 0.15) is 28.9 Å².